The van der Waals surface area contributed by atoms with Gasteiger partial charge in [-0.3, -0.25) is 0 Å². The van der Waals surface area contributed by atoms with E-state index < -0.39 is 28.9 Å². The predicted molar refractivity (Wildman–Crippen MR) is 69.2 cm³/mol. The number of benzene rings is 1. The lowest BCUT2D eigenvalue weighted by atomic mass is 10.00. The topological polar surface area (TPSA) is 47.7 Å². The van der Waals surface area contributed by atoms with Crippen molar-refractivity contribution in [3.63, 3.8) is 0 Å². The maximum atomic E-state index is 14.2. The second kappa shape index (κ2) is 4.04. The molecule has 1 aromatic carbocycles. The molecule has 0 aromatic heterocycles. The Hall–Kier alpha value is -1.47. The maximum Gasteiger partial charge on any atom is 0.193 e. The van der Waals surface area contributed by atoms with Crippen LogP contribution in [0.2, 0.25) is 0 Å². The van der Waals surface area contributed by atoms with Crippen LogP contribution in [-0.4, -0.2) is 32.1 Å². The summed E-state index contributed by atoms with van der Waals surface area (Å²) in [5.74, 6) is -4.18. The predicted octanol–water partition coefficient (Wildman–Crippen LogP) is 2.03. The fourth-order valence-electron chi connectivity index (χ4n) is 3.51. The Labute approximate surface area is 119 Å². The smallest absolute Gasteiger partial charge is 0.193 e. The van der Waals surface area contributed by atoms with E-state index in [9.17, 15) is 13.2 Å². The quantitative estimate of drug-likeness (QED) is 0.637. The Morgan fingerprint density at radius 3 is 2.33 bits per heavy atom. The first-order valence-corrected chi connectivity index (χ1v) is 6.94. The number of nitrogens with zero attached hydrogens (tertiary/aromatic N) is 1. The highest BCUT2D eigenvalue weighted by Crippen LogP contribution is 2.62. The van der Waals surface area contributed by atoms with Gasteiger partial charge < -0.3 is 20.1 Å². The normalized spacial score (nSPS) is 25.2. The molecule has 4 rings (SSSR count). The fourth-order valence-corrected chi connectivity index (χ4v) is 3.51. The molecule has 4 nitrogen and oxygen atoms in total. The third-order valence-corrected chi connectivity index (χ3v) is 4.82. The van der Waals surface area contributed by atoms with E-state index in [2.05, 4.69) is 0 Å². The Bertz CT molecular complexity index is 613. The first-order valence-electron chi connectivity index (χ1n) is 6.94. The van der Waals surface area contributed by atoms with E-state index in [4.69, 9.17) is 15.2 Å². The van der Waals surface area contributed by atoms with Gasteiger partial charge in [0.15, 0.2) is 23.2 Å². The largest absolute Gasteiger partial charge is 0.394 e. The van der Waals surface area contributed by atoms with Crippen LogP contribution in [0.15, 0.2) is 6.07 Å². The third kappa shape index (κ3) is 1.64. The molecule has 114 valence electrons. The zero-order valence-corrected chi connectivity index (χ0v) is 11.3. The van der Waals surface area contributed by atoms with Gasteiger partial charge in [-0.05, 0) is 12.8 Å². The lowest BCUT2D eigenvalue weighted by molar-refractivity contribution is -0.178. The van der Waals surface area contributed by atoms with E-state index in [1.807, 2.05) is 0 Å². The van der Waals surface area contributed by atoms with Crippen LogP contribution in [0, 0.1) is 22.9 Å². The number of hydrogen-bond acceptors (Lipinski definition) is 4. The standard InChI is InChI=1S/C14H15F3N2O2/c15-8-5-9(11(17)12(18)10(8)16)19-6-13(1-2-13)14(7-19)20-3-4-21-14/h5H,1-4,6-7,18H2. The first-order chi connectivity index (χ1) is 9.98. The molecule has 2 aliphatic heterocycles. The van der Waals surface area contributed by atoms with Gasteiger partial charge in [-0.15, -0.1) is 0 Å². The van der Waals surface area contributed by atoms with Gasteiger partial charge in [-0.1, -0.05) is 0 Å². The van der Waals surface area contributed by atoms with Crippen LogP contribution in [-0.2, 0) is 9.47 Å². The number of rotatable bonds is 1. The monoisotopic (exact) mass is 300 g/mol. The van der Waals surface area contributed by atoms with E-state index in [1.165, 1.54) is 0 Å². The van der Waals surface area contributed by atoms with Crippen LogP contribution in [0.25, 0.3) is 0 Å². The molecule has 1 aliphatic carbocycles. The third-order valence-electron chi connectivity index (χ3n) is 4.82. The fraction of sp³-hybridized carbons (Fsp3) is 0.571. The lowest BCUT2D eigenvalue weighted by Gasteiger charge is -2.27. The van der Waals surface area contributed by atoms with Crippen molar-refractivity contribution in [2.45, 2.75) is 18.6 Å². The highest BCUT2D eigenvalue weighted by atomic mass is 19.2. The van der Waals surface area contributed by atoms with Crippen molar-refractivity contribution in [3.05, 3.63) is 23.5 Å². The van der Waals surface area contributed by atoms with Crippen molar-refractivity contribution in [1.29, 1.82) is 0 Å². The number of nitrogens with two attached hydrogens (primary N) is 1. The molecule has 1 saturated carbocycles. The van der Waals surface area contributed by atoms with Crippen molar-refractivity contribution in [2.24, 2.45) is 5.41 Å². The van der Waals surface area contributed by atoms with Crippen molar-refractivity contribution in [2.75, 3.05) is 36.9 Å². The molecule has 21 heavy (non-hydrogen) atoms. The average molecular weight is 300 g/mol. The molecule has 0 amide bonds. The van der Waals surface area contributed by atoms with E-state index in [1.54, 1.807) is 4.90 Å². The molecule has 7 heteroatoms. The Balaban J connectivity index is 1.73. The first kappa shape index (κ1) is 13.2. The van der Waals surface area contributed by atoms with Gasteiger partial charge in [-0.2, -0.15) is 0 Å². The summed E-state index contributed by atoms with van der Waals surface area (Å²) in [6, 6.07) is 0.852. The Kier molecular flexibility index (Phi) is 2.54. The summed E-state index contributed by atoms with van der Waals surface area (Å²) in [7, 11) is 0. The maximum absolute atomic E-state index is 14.2. The van der Waals surface area contributed by atoms with Crippen molar-refractivity contribution in [1.82, 2.24) is 0 Å². The van der Waals surface area contributed by atoms with Gasteiger partial charge in [-0.25, -0.2) is 13.2 Å². The van der Waals surface area contributed by atoms with Gasteiger partial charge in [0.25, 0.3) is 0 Å². The molecule has 0 unspecified atom stereocenters. The van der Waals surface area contributed by atoms with Crippen LogP contribution in [0.3, 0.4) is 0 Å². The zero-order valence-electron chi connectivity index (χ0n) is 11.3. The van der Waals surface area contributed by atoms with Crippen LogP contribution in [0.4, 0.5) is 24.5 Å². The molecule has 2 heterocycles. The molecule has 3 aliphatic rings. The molecular weight excluding hydrogens is 285 g/mol. The zero-order chi connectivity index (χ0) is 14.8. The lowest BCUT2D eigenvalue weighted by Crippen LogP contribution is -2.40. The van der Waals surface area contributed by atoms with Gasteiger partial charge in [0.1, 0.15) is 5.69 Å². The van der Waals surface area contributed by atoms with Crippen LogP contribution < -0.4 is 10.6 Å². The summed E-state index contributed by atoms with van der Waals surface area (Å²) in [6.07, 6.45) is 1.84. The number of anilines is 2. The van der Waals surface area contributed by atoms with Crippen molar-refractivity contribution >= 4 is 11.4 Å². The number of halogens is 3. The molecule has 0 bridgehead atoms. The summed E-state index contributed by atoms with van der Waals surface area (Å²) in [5, 5.41) is 0. The van der Waals surface area contributed by atoms with Crippen LogP contribution >= 0.6 is 0 Å². The van der Waals surface area contributed by atoms with Gasteiger partial charge in [0, 0.05) is 18.0 Å². The van der Waals surface area contributed by atoms with Crippen molar-refractivity contribution < 1.29 is 22.6 Å². The van der Waals surface area contributed by atoms with Crippen molar-refractivity contribution in [3.8, 4) is 0 Å². The highest BCUT2D eigenvalue weighted by molar-refractivity contribution is 5.60. The molecule has 0 radical (unpaired) electrons. The number of fused-ring (bicyclic) bond motifs is 1. The second-order valence-corrected chi connectivity index (χ2v) is 6.01. The van der Waals surface area contributed by atoms with Gasteiger partial charge >= 0.3 is 0 Å². The number of nitrogen functional groups attached to an aromatic ring is 1. The van der Waals surface area contributed by atoms with E-state index in [0.717, 1.165) is 18.9 Å². The van der Waals surface area contributed by atoms with Crippen LogP contribution in [0.1, 0.15) is 12.8 Å². The summed E-state index contributed by atoms with van der Waals surface area (Å²) in [5.41, 5.74) is 4.31. The van der Waals surface area contributed by atoms with E-state index in [-0.39, 0.29) is 11.1 Å². The Morgan fingerprint density at radius 1 is 1.05 bits per heavy atom. The second-order valence-electron chi connectivity index (χ2n) is 6.01. The number of ether oxygens (including phenoxy) is 2. The number of hydrogen-bond donors (Lipinski definition) is 1. The summed E-state index contributed by atoms with van der Waals surface area (Å²) in [4.78, 5) is 1.65. The molecule has 3 fully saturated rings. The summed E-state index contributed by atoms with van der Waals surface area (Å²) < 4.78 is 52.6. The molecule has 2 N–H and O–H groups in total. The van der Waals surface area contributed by atoms with Gasteiger partial charge in [0.2, 0.25) is 0 Å². The Morgan fingerprint density at radius 2 is 1.71 bits per heavy atom. The molecule has 2 spiro atoms. The minimum absolute atomic E-state index is 0.0337. The molecule has 0 atom stereocenters. The van der Waals surface area contributed by atoms with E-state index >= 15 is 0 Å². The molecular formula is C14H15F3N2O2. The average Bonchev–Trinajstić information content (AvgIpc) is 2.97. The van der Waals surface area contributed by atoms with Crippen LogP contribution in [0.5, 0.6) is 0 Å². The van der Waals surface area contributed by atoms with Gasteiger partial charge in [0.05, 0.1) is 25.4 Å². The van der Waals surface area contributed by atoms with E-state index in [0.29, 0.717) is 26.3 Å². The summed E-state index contributed by atoms with van der Waals surface area (Å²) >= 11 is 0. The SMILES string of the molecule is Nc1c(F)c(F)cc(N2CC3(CC3)C3(C2)OCCO3)c1F. The molecule has 1 aromatic rings. The minimum Gasteiger partial charge on any atom is -0.394 e. The highest BCUT2D eigenvalue weighted by Gasteiger charge is 2.68. The molecule has 2 saturated heterocycles. The minimum atomic E-state index is -1.35. The summed E-state index contributed by atoms with van der Waals surface area (Å²) in [6.45, 7) is 1.79.